The first kappa shape index (κ1) is 36.8. The summed E-state index contributed by atoms with van der Waals surface area (Å²) in [5.41, 5.74) is -1.50. The van der Waals surface area contributed by atoms with Crippen molar-refractivity contribution < 1.29 is 37.1 Å². The Morgan fingerprint density at radius 1 is 1.08 bits per heavy atom. The Balaban J connectivity index is 1.41. The van der Waals surface area contributed by atoms with Crippen LogP contribution in [0.1, 0.15) is 83.3 Å². The molecule has 3 N–H and O–H groups in total. The molecule has 6 rings (SSSR count). The van der Waals surface area contributed by atoms with Crippen molar-refractivity contribution in [2.75, 3.05) is 20.3 Å². The van der Waals surface area contributed by atoms with Crippen LogP contribution in [0.15, 0.2) is 49.1 Å². The number of amides is 4. The van der Waals surface area contributed by atoms with E-state index in [-0.39, 0.29) is 26.0 Å². The van der Waals surface area contributed by atoms with Gasteiger partial charge in [-0.2, -0.15) is 0 Å². The van der Waals surface area contributed by atoms with Gasteiger partial charge in [0.25, 0.3) is 5.91 Å². The topological polar surface area (TPSA) is 160 Å². The normalized spacial score (nSPS) is 29.0. The number of rotatable bonds is 7. The Morgan fingerprint density at radius 2 is 1.80 bits per heavy atom. The highest BCUT2D eigenvalue weighted by molar-refractivity contribution is 7.91. The van der Waals surface area contributed by atoms with Gasteiger partial charge in [-0.05, 0) is 71.9 Å². The monoisotopic (exact) mass is 722 g/mol. The number of fused-ring (bicyclic) bond motifs is 7. The SMILES string of the molecule is C=C[C@@H]1C[C@]1(NC(=O)[C@@H]1C[C@]2(OC)CN1C(=O)[C@H](C(C)(C)C)NC(=O)OCCCCCCc1cc2cc2ccccc12)C(=O)NS(=O)(=O)C1CC1. The molecule has 1 saturated heterocycles. The first-order chi connectivity index (χ1) is 24.1. The second-order valence-electron chi connectivity index (χ2n) is 15.7. The predicted molar refractivity (Wildman–Crippen MR) is 192 cm³/mol. The minimum absolute atomic E-state index is 0.0123. The van der Waals surface area contributed by atoms with E-state index >= 15 is 0 Å². The van der Waals surface area contributed by atoms with Gasteiger partial charge in [0.1, 0.15) is 23.2 Å². The number of hydrogen-bond acceptors (Lipinski definition) is 8. The van der Waals surface area contributed by atoms with Gasteiger partial charge in [0.2, 0.25) is 21.8 Å². The van der Waals surface area contributed by atoms with Crippen LogP contribution in [0, 0.1) is 11.3 Å². The molecular formula is C38H50N4O8S. The van der Waals surface area contributed by atoms with Crippen molar-refractivity contribution in [1.29, 1.82) is 0 Å². The van der Waals surface area contributed by atoms with Crippen molar-refractivity contribution >= 4 is 44.6 Å². The number of carbonyl (C=O) groups excluding carboxylic acids is 4. The van der Waals surface area contributed by atoms with Crippen LogP contribution in [0.25, 0.3) is 10.8 Å². The number of hydrogen-bond donors (Lipinski definition) is 3. The maximum absolute atomic E-state index is 14.7. The van der Waals surface area contributed by atoms with Crippen LogP contribution in [0.3, 0.4) is 0 Å². The summed E-state index contributed by atoms with van der Waals surface area (Å²) in [6, 6.07) is 10.1. The van der Waals surface area contributed by atoms with E-state index in [1.807, 2.05) is 45.0 Å². The lowest BCUT2D eigenvalue weighted by Gasteiger charge is -2.36. The Hall–Kier alpha value is -3.97. The van der Waals surface area contributed by atoms with Gasteiger partial charge >= 0.3 is 6.09 Å². The van der Waals surface area contributed by atoms with E-state index in [1.54, 1.807) is 7.11 Å². The summed E-state index contributed by atoms with van der Waals surface area (Å²) in [5, 5.41) is 7.13. The van der Waals surface area contributed by atoms with Gasteiger partial charge in [0.15, 0.2) is 0 Å². The Morgan fingerprint density at radius 3 is 2.47 bits per heavy atom. The second kappa shape index (κ2) is 13.9. The number of sulfonamides is 1. The summed E-state index contributed by atoms with van der Waals surface area (Å²) in [7, 11) is -2.33. The van der Waals surface area contributed by atoms with Crippen molar-refractivity contribution in [2.45, 2.75) is 107 Å². The molecule has 51 heavy (non-hydrogen) atoms. The van der Waals surface area contributed by atoms with Crippen LogP contribution < -0.4 is 15.4 Å². The van der Waals surface area contributed by atoms with Gasteiger partial charge in [-0.15, -0.1) is 6.58 Å². The molecule has 0 unspecified atom stereocenters. The molecule has 0 spiro atoms. The van der Waals surface area contributed by atoms with Gasteiger partial charge in [0.05, 0.1) is 18.4 Å². The summed E-state index contributed by atoms with van der Waals surface area (Å²) in [4.78, 5) is 57.2. The van der Waals surface area contributed by atoms with Crippen LogP contribution in [0.5, 0.6) is 0 Å². The van der Waals surface area contributed by atoms with Crippen molar-refractivity contribution in [1.82, 2.24) is 20.3 Å². The van der Waals surface area contributed by atoms with Crippen molar-refractivity contribution in [3.05, 3.63) is 60.2 Å². The zero-order valence-corrected chi connectivity index (χ0v) is 30.8. The molecular weight excluding hydrogens is 673 g/mol. The summed E-state index contributed by atoms with van der Waals surface area (Å²) in [6.07, 6.45) is 6.21. The highest BCUT2D eigenvalue weighted by Gasteiger charge is 2.62. The van der Waals surface area contributed by atoms with E-state index < -0.39 is 73.6 Å². The molecule has 276 valence electrons. The maximum Gasteiger partial charge on any atom is 0.407 e. The van der Waals surface area contributed by atoms with E-state index in [1.165, 1.54) is 11.0 Å². The lowest BCUT2D eigenvalue weighted by Crippen LogP contribution is -2.60. The minimum Gasteiger partial charge on any atom is -0.450 e. The number of aryl methyl sites for hydroxylation is 1. The van der Waals surface area contributed by atoms with E-state index in [0.29, 0.717) is 19.3 Å². The quantitative estimate of drug-likeness (QED) is 0.359. The van der Waals surface area contributed by atoms with Gasteiger partial charge in [-0.1, -0.05) is 70.0 Å². The molecule has 4 bridgehead atoms. The number of ether oxygens (including phenoxy) is 2. The molecule has 13 heteroatoms. The van der Waals surface area contributed by atoms with E-state index in [4.69, 9.17) is 9.47 Å². The van der Waals surface area contributed by atoms with Crippen LogP contribution in [0.4, 0.5) is 4.79 Å². The number of nitrogens with one attached hydrogen (secondary N) is 3. The molecule has 4 aliphatic rings. The summed E-state index contributed by atoms with van der Waals surface area (Å²) >= 11 is 0. The average molecular weight is 723 g/mol. The second-order valence-corrected chi connectivity index (χ2v) is 17.6. The lowest BCUT2D eigenvalue weighted by molar-refractivity contribution is -0.143. The van der Waals surface area contributed by atoms with Gasteiger partial charge in [0, 0.05) is 19.4 Å². The van der Waals surface area contributed by atoms with E-state index in [0.717, 1.165) is 47.6 Å². The van der Waals surface area contributed by atoms with Crippen molar-refractivity contribution in [2.24, 2.45) is 11.3 Å². The first-order valence-electron chi connectivity index (χ1n) is 18.0. The third-order valence-corrected chi connectivity index (χ3v) is 12.8. The lowest BCUT2D eigenvalue weighted by atomic mass is 9.85. The molecule has 2 heterocycles. The summed E-state index contributed by atoms with van der Waals surface area (Å²) in [5.74, 6) is -2.46. The third-order valence-electron chi connectivity index (χ3n) is 11.0. The largest absolute Gasteiger partial charge is 0.450 e. The molecule has 4 amide bonds. The molecule has 2 aromatic rings. The zero-order chi connectivity index (χ0) is 36.8. The Kier molecular flexibility index (Phi) is 10.0. The summed E-state index contributed by atoms with van der Waals surface area (Å²) in [6.45, 7) is 9.46. The van der Waals surface area contributed by atoms with Gasteiger partial charge < -0.3 is 25.0 Å². The number of cyclic esters (lactones) is 1. The average Bonchev–Trinajstić information content (AvgIpc) is 4.02. The van der Waals surface area contributed by atoms with E-state index in [9.17, 15) is 27.6 Å². The fourth-order valence-electron chi connectivity index (χ4n) is 7.60. The highest BCUT2D eigenvalue weighted by atomic mass is 32.2. The third kappa shape index (κ3) is 7.37. The molecule has 0 radical (unpaired) electrons. The maximum atomic E-state index is 14.7. The first-order valence-corrected chi connectivity index (χ1v) is 19.5. The molecule has 12 nitrogen and oxygen atoms in total. The van der Waals surface area contributed by atoms with Crippen LogP contribution in [-0.2, 0) is 45.9 Å². The molecule has 2 aromatic carbocycles. The number of alkyl carbamates (subject to hydrolysis) is 1. The fourth-order valence-corrected chi connectivity index (χ4v) is 8.97. The molecule has 2 saturated carbocycles. The van der Waals surface area contributed by atoms with Crippen molar-refractivity contribution in [3.63, 3.8) is 0 Å². The minimum atomic E-state index is -3.89. The highest BCUT2D eigenvalue weighted by Crippen LogP contribution is 2.47. The smallest absolute Gasteiger partial charge is 0.407 e. The summed E-state index contributed by atoms with van der Waals surface area (Å²) < 4.78 is 39.5. The standard InChI is InChI=1S/C38H50N4O8S/c1-6-26-21-38(26,34(45)41-51(47,48)28-16-17-28)40-32(43)30-22-37(49-5)23-42(30)33(44)31(36(2,3)4)39-35(46)50-18-12-8-7-9-13-24-19-27(37)20-25-14-10-11-15-29(24)25/h6,10-11,14-15,19-20,26,28,30-31H,1,7-9,12-13,16-18,21-23H2,2-5H3,(H,39,46)(H,40,43)(H,41,45)/t26-,30+,31-,37+,38-/m1/s1. The molecule has 3 fully saturated rings. The Bertz CT molecular complexity index is 1840. The Labute approximate surface area is 300 Å². The molecule has 0 aromatic heterocycles. The number of nitrogens with zero attached hydrogens (tertiary/aromatic N) is 1. The van der Waals surface area contributed by atoms with Crippen molar-refractivity contribution in [3.8, 4) is 0 Å². The zero-order valence-electron chi connectivity index (χ0n) is 30.0. The molecule has 2 aliphatic heterocycles. The number of benzene rings is 2. The van der Waals surface area contributed by atoms with Crippen LogP contribution in [0.2, 0.25) is 0 Å². The van der Waals surface area contributed by atoms with Crippen LogP contribution in [-0.4, -0.2) is 80.3 Å². The van der Waals surface area contributed by atoms with Gasteiger partial charge in [-0.25, -0.2) is 13.2 Å². The fraction of sp³-hybridized carbons (Fsp3) is 0.579. The molecule has 5 atom stereocenters. The van der Waals surface area contributed by atoms with Crippen LogP contribution >= 0.6 is 0 Å². The number of methoxy groups -OCH3 is 1. The predicted octanol–water partition coefficient (Wildman–Crippen LogP) is 4.21. The number of carbonyl (C=O) groups is 4. The van der Waals surface area contributed by atoms with Gasteiger partial charge in [-0.3, -0.25) is 19.1 Å². The molecule has 2 aliphatic carbocycles. The van der Waals surface area contributed by atoms with E-state index in [2.05, 4.69) is 34.1 Å².